The lowest BCUT2D eigenvalue weighted by Crippen LogP contribution is -2.49. The van der Waals surface area contributed by atoms with Crippen molar-refractivity contribution in [2.24, 2.45) is 5.41 Å². The van der Waals surface area contributed by atoms with E-state index in [1.54, 1.807) is 4.94 Å². The van der Waals surface area contributed by atoms with Gasteiger partial charge in [-0.2, -0.15) is 10.5 Å². The Morgan fingerprint density at radius 1 is 1.11 bits per heavy atom. The molecule has 2 heterocycles. The monoisotopic (exact) mass is 417 g/mol. The van der Waals surface area contributed by atoms with E-state index in [1.165, 1.54) is 29.9 Å². The van der Waals surface area contributed by atoms with Crippen LogP contribution in [0.1, 0.15) is 52.9 Å². The molecule has 6 heteroatoms. The summed E-state index contributed by atoms with van der Waals surface area (Å²) in [6.07, 6.45) is 6.11. The molecule has 0 N–H and O–H groups in total. The molecule has 0 saturated heterocycles. The Hall–Kier alpha value is -0.743. The predicted molar refractivity (Wildman–Crippen MR) is 120 cm³/mol. The summed E-state index contributed by atoms with van der Waals surface area (Å²) >= 11 is 1.95. The van der Waals surface area contributed by atoms with Crippen molar-refractivity contribution in [3.05, 3.63) is 21.1 Å². The molecule has 3 aliphatic rings. The Labute approximate surface area is 171 Å². The molecule has 2 aliphatic heterocycles. The summed E-state index contributed by atoms with van der Waals surface area (Å²) in [5, 5.41) is 20.1. The summed E-state index contributed by atoms with van der Waals surface area (Å²) in [6, 6.07) is 5.29. The van der Waals surface area contributed by atoms with E-state index < -0.39 is 20.4 Å². The topological polar surface area (TPSA) is 50.8 Å². The predicted octanol–water partition coefficient (Wildman–Crippen LogP) is 6.58. The van der Waals surface area contributed by atoms with Gasteiger partial charge in [-0.05, 0) is 37.0 Å². The van der Waals surface area contributed by atoms with Crippen LogP contribution in [0.5, 0.6) is 0 Å². The van der Waals surface area contributed by atoms with Crippen LogP contribution in [-0.4, -0.2) is 31.2 Å². The molecular formula is C21H32N3PSSi. The van der Waals surface area contributed by atoms with E-state index in [4.69, 9.17) is 0 Å². The summed E-state index contributed by atoms with van der Waals surface area (Å²) in [5.74, 6) is 0. The lowest BCUT2D eigenvalue weighted by Gasteiger charge is -2.52. The number of rotatable bonds is 5. The van der Waals surface area contributed by atoms with Crippen molar-refractivity contribution >= 4 is 26.6 Å². The fourth-order valence-electron chi connectivity index (χ4n) is 4.95. The molecule has 1 saturated carbocycles. The van der Waals surface area contributed by atoms with E-state index in [1.807, 2.05) is 11.4 Å². The molecule has 3 nitrogen and oxygen atoms in total. The average molecular weight is 418 g/mol. The minimum atomic E-state index is -1.57. The number of hydrogen-bond acceptors (Lipinski definition) is 4. The molecule has 27 heavy (non-hydrogen) atoms. The maximum absolute atomic E-state index is 10.5. The van der Waals surface area contributed by atoms with Gasteiger partial charge in [0.15, 0.2) is 5.16 Å². The third-order valence-electron chi connectivity index (χ3n) is 6.42. The largest absolute Gasteiger partial charge is 0.373 e. The Bertz CT molecular complexity index is 773. The molecule has 1 aliphatic carbocycles. The van der Waals surface area contributed by atoms with Gasteiger partial charge in [-0.25, -0.2) is 0 Å². The van der Waals surface area contributed by atoms with Crippen LogP contribution < -0.4 is 0 Å². The van der Waals surface area contributed by atoms with Gasteiger partial charge in [-0.3, -0.25) is 0 Å². The van der Waals surface area contributed by atoms with E-state index in [0.717, 1.165) is 31.5 Å². The SMILES string of the molecule is CCN(CC)C1=C([Si](C)(C)C)P2SC(C3(C)CCCCC3)=C(C#N)C12C#N. The van der Waals surface area contributed by atoms with Crippen LogP contribution in [-0.2, 0) is 0 Å². The summed E-state index contributed by atoms with van der Waals surface area (Å²) in [4.78, 5) is 5.23. The number of nitrogens with zero attached hydrogens (tertiary/aromatic N) is 3. The number of fused-ring (bicyclic) bond motifs is 1. The molecule has 0 aromatic rings. The molecule has 0 amide bonds. The first-order valence-corrected chi connectivity index (χ1v) is 16.5. The highest BCUT2D eigenvalue weighted by atomic mass is 32.7. The zero-order valence-electron chi connectivity index (χ0n) is 17.6. The van der Waals surface area contributed by atoms with Gasteiger partial charge in [-0.15, -0.1) is 0 Å². The summed E-state index contributed by atoms with van der Waals surface area (Å²) in [5.41, 5.74) is 2.13. The third kappa shape index (κ3) is 2.93. The molecule has 0 radical (unpaired) electrons. The van der Waals surface area contributed by atoms with Gasteiger partial charge in [0, 0.05) is 30.8 Å². The van der Waals surface area contributed by atoms with E-state index in [9.17, 15) is 10.5 Å². The Morgan fingerprint density at radius 2 is 1.70 bits per heavy atom. The molecule has 0 bridgehead atoms. The standard InChI is InChI=1S/C21H32N3PSSi/c1-7-24(8-2)17-19(27(4,5)6)25-21(17,15-23)16(14-22)18(26-25)20(3)12-10-9-11-13-20/h7-13H2,1-6H3. The van der Waals surface area contributed by atoms with Crippen LogP contribution in [0.2, 0.25) is 19.6 Å². The molecule has 2 unspecified atom stereocenters. The van der Waals surface area contributed by atoms with E-state index in [2.05, 4.69) is 57.5 Å². The van der Waals surface area contributed by atoms with Crippen LogP contribution >= 0.6 is 18.5 Å². The van der Waals surface area contributed by atoms with E-state index in [0.29, 0.717) is 0 Å². The molecule has 1 fully saturated rings. The Kier molecular flexibility index (Phi) is 5.64. The second kappa shape index (κ2) is 7.26. The Balaban J connectivity index is 2.20. The first-order chi connectivity index (χ1) is 12.7. The van der Waals surface area contributed by atoms with Crippen molar-refractivity contribution < 1.29 is 0 Å². The fourth-order valence-corrected chi connectivity index (χ4v) is 17.8. The highest BCUT2D eigenvalue weighted by Crippen LogP contribution is 2.87. The quantitative estimate of drug-likeness (QED) is 0.374. The molecular weight excluding hydrogens is 385 g/mol. The molecule has 2 atom stereocenters. The van der Waals surface area contributed by atoms with Crippen LogP contribution in [0.4, 0.5) is 0 Å². The second-order valence-electron chi connectivity index (χ2n) is 9.26. The zero-order chi connectivity index (χ0) is 20.0. The van der Waals surface area contributed by atoms with Crippen molar-refractivity contribution in [2.75, 3.05) is 13.1 Å². The van der Waals surface area contributed by atoms with Crippen molar-refractivity contribution in [1.29, 1.82) is 10.5 Å². The maximum Gasteiger partial charge on any atom is 0.164 e. The van der Waals surface area contributed by atoms with Crippen LogP contribution in [0.15, 0.2) is 21.1 Å². The maximum atomic E-state index is 10.5. The van der Waals surface area contributed by atoms with Gasteiger partial charge >= 0.3 is 0 Å². The van der Waals surface area contributed by atoms with Gasteiger partial charge in [0.2, 0.25) is 0 Å². The summed E-state index contributed by atoms with van der Waals surface area (Å²) < 4.78 is 0. The normalized spacial score (nSPS) is 29.7. The van der Waals surface area contributed by atoms with E-state index >= 15 is 0 Å². The van der Waals surface area contributed by atoms with Crippen LogP contribution in [0.3, 0.4) is 0 Å². The van der Waals surface area contributed by atoms with Gasteiger partial charge in [0.25, 0.3) is 0 Å². The first kappa shape index (κ1) is 21.0. The summed E-state index contributed by atoms with van der Waals surface area (Å²) in [6.45, 7) is 15.7. The van der Waals surface area contributed by atoms with Crippen molar-refractivity contribution in [2.45, 2.75) is 77.7 Å². The van der Waals surface area contributed by atoms with Gasteiger partial charge in [-0.1, -0.05) is 57.2 Å². The lowest BCUT2D eigenvalue weighted by atomic mass is 9.73. The van der Waals surface area contributed by atoms with Crippen LogP contribution in [0, 0.1) is 28.1 Å². The van der Waals surface area contributed by atoms with E-state index in [-0.39, 0.29) is 5.41 Å². The Morgan fingerprint density at radius 3 is 2.15 bits per heavy atom. The molecule has 3 rings (SSSR count). The van der Waals surface area contributed by atoms with Crippen molar-refractivity contribution in [3.63, 3.8) is 0 Å². The zero-order valence-corrected chi connectivity index (χ0v) is 20.4. The fraction of sp³-hybridized carbons (Fsp3) is 0.714. The highest BCUT2D eigenvalue weighted by Gasteiger charge is 2.67. The van der Waals surface area contributed by atoms with Gasteiger partial charge in [0.05, 0.1) is 25.8 Å². The minimum Gasteiger partial charge on any atom is -0.373 e. The van der Waals surface area contributed by atoms with Crippen molar-refractivity contribution in [1.82, 2.24) is 4.90 Å². The molecule has 0 aromatic heterocycles. The smallest absolute Gasteiger partial charge is 0.164 e. The van der Waals surface area contributed by atoms with Crippen molar-refractivity contribution in [3.8, 4) is 12.1 Å². The summed E-state index contributed by atoms with van der Waals surface area (Å²) in [7, 11) is -2.22. The van der Waals surface area contributed by atoms with Gasteiger partial charge in [0.1, 0.15) is 0 Å². The second-order valence-corrected chi connectivity index (χ2v) is 18.6. The lowest BCUT2D eigenvalue weighted by molar-refractivity contribution is 0.279. The molecule has 0 spiro atoms. The first-order valence-electron chi connectivity index (χ1n) is 10.3. The number of allylic oxidation sites excluding steroid dienone is 2. The van der Waals surface area contributed by atoms with Gasteiger partial charge < -0.3 is 4.90 Å². The highest BCUT2D eigenvalue weighted by molar-refractivity contribution is 8.60. The number of hydrogen-bond donors (Lipinski definition) is 0. The average Bonchev–Trinajstić information content (AvgIpc) is 2.89. The molecule has 146 valence electrons. The molecule has 0 aromatic carbocycles. The van der Waals surface area contributed by atoms with Crippen LogP contribution in [0.25, 0.3) is 0 Å². The minimum absolute atomic E-state index is 0.0937. The number of nitriles is 2. The third-order valence-corrected chi connectivity index (χ3v) is 16.5.